The smallest absolute Gasteiger partial charge is 0.352 e. The highest BCUT2D eigenvalue weighted by Gasteiger charge is 2.48. The van der Waals surface area contributed by atoms with Crippen molar-refractivity contribution < 1.29 is 27.2 Å². The minimum absolute atomic E-state index is 0.0414. The first kappa shape index (κ1) is 23.8. The lowest BCUT2D eigenvalue weighted by Gasteiger charge is -2.38. The number of carbonyl (C=O) groups is 2. The van der Waals surface area contributed by atoms with Crippen molar-refractivity contribution in [2.45, 2.75) is 50.9 Å². The van der Waals surface area contributed by atoms with Crippen LogP contribution in [0, 0.1) is 11.7 Å². The lowest BCUT2D eigenvalue weighted by molar-refractivity contribution is -0.184. The SMILES string of the molecule is CC(C(=O)N1CCC[C@H]1C(F)(F)F)N1CCC(CNC(=O)c2cc(F)cc(Cl)c2)CC1. The molecule has 1 N–H and O–H groups in total. The van der Waals surface area contributed by atoms with Crippen LogP contribution in [-0.4, -0.2) is 66.1 Å². The van der Waals surface area contributed by atoms with E-state index in [1.54, 1.807) is 6.92 Å². The quantitative estimate of drug-likeness (QED) is 0.675. The summed E-state index contributed by atoms with van der Waals surface area (Å²) < 4.78 is 52.9. The van der Waals surface area contributed by atoms with Gasteiger partial charge in [0.05, 0.1) is 6.04 Å². The van der Waals surface area contributed by atoms with Gasteiger partial charge in [0, 0.05) is 23.7 Å². The number of hydrogen-bond acceptors (Lipinski definition) is 3. The summed E-state index contributed by atoms with van der Waals surface area (Å²) in [5.74, 6) is -1.31. The molecule has 5 nitrogen and oxygen atoms in total. The number of likely N-dealkylation sites (tertiary alicyclic amines) is 2. The third-order valence-corrected chi connectivity index (χ3v) is 6.36. The van der Waals surface area contributed by atoms with Crippen LogP contribution >= 0.6 is 11.6 Å². The van der Waals surface area contributed by atoms with E-state index in [2.05, 4.69) is 5.32 Å². The molecule has 10 heteroatoms. The molecule has 2 heterocycles. The fourth-order valence-corrected chi connectivity index (χ4v) is 4.56. The van der Waals surface area contributed by atoms with Crippen LogP contribution in [0.5, 0.6) is 0 Å². The first-order valence-corrected chi connectivity index (χ1v) is 10.8. The molecule has 172 valence electrons. The summed E-state index contributed by atoms with van der Waals surface area (Å²) in [6.07, 6.45) is -2.68. The molecule has 1 aromatic rings. The molecule has 0 spiro atoms. The van der Waals surface area contributed by atoms with Gasteiger partial charge in [0.15, 0.2) is 0 Å². The zero-order valence-corrected chi connectivity index (χ0v) is 18.0. The lowest BCUT2D eigenvalue weighted by atomic mass is 9.95. The second-order valence-electron chi connectivity index (χ2n) is 8.25. The normalized spacial score (nSPS) is 21.9. The fourth-order valence-electron chi connectivity index (χ4n) is 4.34. The van der Waals surface area contributed by atoms with Crippen LogP contribution in [0.15, 0.2) is 18.2 Å². The highest BCUT2D eigenvalue weighted by atomic mass is 35.5. The van der Waals surface area contributed by atoms with E-state index in [9.17, 15) is 27.2 Å². The van der Waals surface area contributed by atoms with E-state index >= 15 is 0 Å². The molecular formula is C21H26ClF4N3O2. The van der Waals surface area contributed by atoms with Crippen molar-refractivity contribution in [1.29, 1.82) is 0 Å². The van der Waals surface area contributed by atoms with Crippen molar-refractivity contribution >= 4 is 23.4 Å². The van der Waals surface area contributed by atoms with Crippen molar-refractivity contribution in [2.75, 3.05) is 26.2 Å². The summed E-state index contributed by atoms with van der Waals surface area (Å²) >= 11 is 5.78. The van der Waals surface area contributed by atoms with E-state index in [0.717, 1.165) is 17.0 Å². The number of alkyl halides is 3. The van der Waals surface area contributed by atoms with Crippen LogP contribution in [-0.2, 0) is 4.79 Å². The Morgan fingerprint density at radius 3 is 2.45 bits per heavy atom. The molecule has 3 rings (SSSR count). The largest absolute Gasteiger partial charge is 0.408 e. The maximum atomic E-state index is 13.4. The van der Waals surface area contributed by atoms with Gasteiger partial charge in [-0.1, -0.05) is 11.6 Å². The Morgan fingerprint density at radius 1 is 1.16 bits per heavy atom. The summed E-state index contributed by atoms with van der Waals surface area (Å²) in [5, 5.41) is 2.92. The zero-order chi connectivity index (χ0) is 22.8. The molecule has 2 aliphatic rings. The summed E-state index contributed by atoms with van der Waals surface area (Å²) in [6.45, 7) is 3.31. The molecule has 1 aromatic carbocycles. The van der Waals surface area contributed by atoms with Crippen LogP contribution < -0.4 is 5.32 Å². The number of piperidine rings is 1. The molecule has 0 saturated carbocycles. The molecule has 0 bridgehead atoms. The van der Waals surface area contributed by atoms with Gasteiger partial charge >= 0.3 is 6.18 Å². The van der Waals surface area contributed by atoms with Gasteiger partial charge < -0.3 is 10.2 Å². The van der Waals surface area contributed by atoms with Crippen molar-refractivity contribution in [2.24, 2.45) is 5.92 Å². The molecule has 2 amide bonds. The Morgan fingerprint density at radius 2 is 1.84 bits per heavy atom. The predicted molar refractivity (Wildman–Crippen MR) is 108 cm³/mol. The summed E-state index contributed by atoms with van der Waals surface area (Å²) in [7, 11) is 0. The molecule has 2 aliphatic heterocycles. The highest BCUT2D eigenvalue weighted by Crippen LogP contribution is 2.33. The number of amides is 2. The average molecular weight is 464 g/mol. The lowest BCUT2D eigenvalue weighted by Crippen LogP contribution is -2.54. The van der Waals surface area contributed by atoms with Crippen LogP contribution in [0.2, 0.25) is 5.02 Å². The van der Waals surface area contributed by atoms with E-state index in [1.165, 1.54) is 6.07 Å². The Kier molecular flexibility index (Phi) is 7.47. The van der Waals surface area contributed by atoms with Crippen LogP contribution in [0.25, 0.3) is 0 Å². The van der Waals surface area contributed by atoms with E-state index in [4.69, 9.17) is 11.6 Å². The van der Waals surface area contributed by atoms with Gasteiger partial charge in [-0.05, 0) is 69.8 Å². The molecule has 31 heavy (non-hydrogen) atoms. The van der Waals surface area contributed by atoms with Gasteiger partial charge in [0.1, 0.15) is 11.9 Å². The first-order valence-electron chi connectivity index (χ1n) is 10.4. The number of benzene rings is 1. The number of carbonyl (C=O) groups excluding carboxylic acids is 2. The second-order valence-corrected chi connectivity index (χ2v) is 8.69. The molecule has 2 fully saturated rings. The van der Waals surface area contributed by atoms with Gasteiger partial charge in [-0.2, -0.15) is 13.2 Å². The minimum atomic E-state index is -4.40. The highest BCUT2D eigenvalue weighted by molar-refractivity contribution is 6.31. The Bertz CT molecular complexity index is 792. The fraction of sp³-hybridized carbons (Fsp3) is 0.619. The molecule has 1 unspecified atom stereocenters. The molecule has 2 saturated heterocycles. The van der Waals surface area contributed by atoms with Gasteiger partial charge in [-0.3, -0.25) is 14.5 Å². The van der Waals surface area contributed by atoms with Gasteiger partial charge in [-0.25, -0.2) is 4.39 Å². The minimum Gasteiger partial charge on any atom is -0.352 e. The molecular weight excluding hydrogens is 438 g/mol. The average Bonchev–Trinajstić information content (AvgIpc) is 3.21. The first-order chi connectivity index (χ1) is 14.6. The number of halogens is 5. The van der Waals surface area contributed by atoms with Crippen molar-refractivity contribution in [3.8, 4) is 0 Å². The van der Waals surface area contributed by atoms with Crippen molar-refractivity contribution in [1.82, 2.24) is 15.1 Å². The van der Waals surface area contributed by atoms with E-state index in [-0.39, 0.29) is 29.5 Å². The Balaban J connectivity index is 1.48. The number of nitrogens with zero attached hydrogens (tertiary/aromatic N) is 2. The van der Waals surface area contributed by atoms with Gasteiger partial charge in [0.25, 0.3) is 5.91 Å². The van der Waals surface area contributed by atoms with Crippen molar-refractivity contribution in [3.05, 3.63) is 34.6 Å². The number of rotatable bonds is 5. The Hall–Kier alpha value is -1.87. The third kappa shape index (κ3) is 5.88. The zero-order valence-electron chi connectivity index (χ0n) is 17.2. The number of hydrogen-bond donors (Lipinski definition) is 1. The van der Waals surface area contributed by atoms with E-state index in [0.29, 0.717) is 38.9 Å². The second kappa shape index (κ2) is 9.73. The predicted octanol–water partition coefficient (Wildman–Crippen LogP) is 3.86. The van der Waals surface area contributed by atoms with Gasteiger partial charge in [0.2, 0.25) is 5.91 Å². The summed E-state index contributed by atoms with van der Waals surface area (Å²) in [5.41, 5.74) is 0.145. The topological polar surface area (TPSA) is 52.7 Å². The number of nitrogens with one attached hydrogen (secondary N) is 1. The van der Waals surface area contributed by atoms with Crippen LogP contribution in [0.4, 0.5) is 17.6 Å². The van der Waals surface area contributed by atoms with Gasteiger partial charge in [-0.15, -0.1) is 0 Å². The maximum absolute atomic E-state index is 13.4. The third-order valence-electron chi connectivity index (χ3n) is 6.14. The van der Waals surface area contributed by atoms with Crippen LogP contribution in [0.1, 0.15) is 43.0 Å². The molecule has 0 aromatic heterocycles. The van der Waals surface area contributed by atoms with E-state index < -0.39 is 35.9 Å². The summed E-state index contributed by atoms with van der Waals surface area (Å²) in [4.78, 5) is 27.8. The molecule has 2 atom stereocenters. The van der Waals surface area contributed by atoms with Crippen LogP contribution in [0.3, 0.4) is 0 Å². The maximum Gasteiger partial charge on any atom is 0.408 e. The molecule has 0 aliphatic carbocycles. The molecule has 0 radical (unpaired) electrons. The van der Waals surface area contributed by atoms with E-state index in [1.807, 2.05) is 4.90 Å². The standard InChI is InChI=1S/C21H26ClF4N3O2/c1-13(20(31)29-6-2-3-18(29)21(24,25)26)28-7-4-14(5-8-28)12-27-19(30)15-9-16(22)11-17(23)10-15/h9-11,13-14,18H,2-8,12H2,1H3,(H,27,30)/t13?,18-/m0/s1. The Labute approximate surface area is 183 Å². The monoisotopic (exact) mass is 463 g/mol. The van der Waals surface area contributed by atoms with Crippen molar-refractivity contribution in [3.63, 3.8) is 0 Å². The summed E-state index contributed by atoms with van der Waals surface area (Å²) in [6, 6.07) is 1.32.